The van der Waals surface area contributed by atoms with Gasteiger partial charge in [0.2, 0.25) is 0 Å². The summed E-state index contributed by atoms with van der Waals surface area (Å²) in [4.78, 5) is 9.04. The fraction of sp³-hybridized carbons (Fsp3) is 0.286. The molecule has 3 rings (SSSR count). The van der Waals surface area contributed by atoms with E-state index in [1.807, 2.05) is 24.4 Å². The van der Waals surface area contributed by atoms with Crippen LogP contribution in [0.2, 0.25) is 0 Å². The molecule has 148 valence electrons. The van der Waals surface area contributed by atoms with E-state index >= 15 is 0 Å². The molecule has 6 nitrogen and oxygen atoms in total. The van der Waals surface area contributed by atoms with Gasteiger partial charge >= 0.3 is 0 Å². The van der Waals surface area contributed by atoms with Gasteiger partial charge in [-0.15, -0.1) is 24.0 Å². The average molecular weight is 490 g/mol. The molecule has 2 aromatic heterocycles. The van der Waals surface area contributed by atoms with E-state index in [0.717, 1.165) is 43.3 Å². The highest BCUT2D eigenvalue weighted by atomic mass is 127. The second kappa shape index (κ2) is 12.1. The molecular weight excluding hydrogens is 463 g/mol. The van der Waals surface area contributed by atoms with E-state index in [9.17, 15) is 0 Å². The van der Waals surface area contributed by atoms with Crippen LogP contribution in [0.25, 0.3) is 5.82 Å². The van der Waals surface area contributed by atoms with Crippen LogP contribution in [0.3, 0.4) is 0 Å². The third-order valence-electron chi connectivity index (χ3n) is 4.09. The van der Waals surface area contributed by atoms with E-state index < -0.39 is 0 Å². The van der Waals surface area contributed by atoms with Crippen molar-refractivity contribution in [2.24, 2.45) is 4.99 Å². The highest BCUT2D eigenvalue weighted by molar-refractivity contribution is 14.0. The Kier molecular flexibility index (Phi) is 9.47. The van der Waals surface area contributed by atoms with Crippen LogP contribution in [0, 0.1) is 0 Å². The van der Waals surface area contributed by atoms with Gasteiger partial charge in [0.1, 0.15) is 0 Å². The summed E-state index contributed by atoms with van der Waals surface area (Å²) in [5.41, 5.74) is 2.46. The number of aromatic nitrogens is 3. The number of halogens is 1. The molecule has 0 aliphatic heterocycles. The number of rotatable bonds is 8. The van der Waals surface area contributed by atoms with E-state index in [4.69, 9.17) is 0 Å². The molecule has 0 amide bonds. The smallest absolute Gasteiger partial charge is 0.191 e. The molecule has 0 unspecified atom stereocenters. The third kappa shape index (κ3) is 6.95. The molecule has 0 radical (unpaired) electrons. The topological polar surface area (TPSA) is 67.1 Å². The molecule has 0 aliphatic carbocycles. The zero-order chi connectivity index (χ0) is 18.7. The number of hydrogen-bond donors (Lipinski definition) is 2. The number of pyridine rings is 1. The lowest BCUT2D eigenvalue weighted by molar-refractivity contribution is 0.743. The minimum atomic E-state index is 0. The van der Waals surface area contributed by atoms with Crippen molar-refractivity contribution in [2.75, 3.05) is 13.1 Å². The second-order valence-corrected chi connectivity index (χ2v) is 6.18. The standard InChI is InChI=1S/C21H26N6.HI/c1-2-22-21(24-12-6-10-18-8-4-3-5-9-18)25-17-19-11-14-23-20(16-19)27-15-7-13-26-27;/h3-5,7-9,11,13-16H,2,6,10,12,17H2,1H3,(H2,22,24,25);1H. The maximum absolute atomic E-state index is 4.69. The summed E-state index contributed by atoms with van der Waals surface area (Å²) in [5, 5.41) is 10.9. The minimum Gasteiger partial charge on any atom is -0.357 e. The van der Waals surface area contributed by atoms with Crippen LogP contribution in [0.15, 0.2) is 72.1 Å². The van der Waals surface area contributed by atoms with Crippen molar-refractivity contribution in [1.82, 2.24) is 25.4 Å². The first kappa shape index (κ1) is 21.9. The summed E-state index contributed by atoms with van der Waals surface area (Å²) >= 11 is 0. The van der Waals surface area contributed by atoms with Gasteiger partial charge in [0, 0.05) is 31.7 Å². The van der Waals surface area contributed by atoms with Gasteiger partial charge < -0.3 is 10.6 Å². The van der Waals surface area contributed by atoms with Crippen LogP contribution in [0.1, 0.15) is 24.5 Å². The Hall–Kier alpha value is -2.42. The number of nitrogens with zero attached hydrogens (tertiary/aromatic N) is 4. The highest BCUT2D eigenvalue weighted by Gasteiger charge is 2.01. The zero-order valence-electron chi connectivity index (χ0n) is 16.1. The van der Waals surface area contributed by atoms with E-state index in [2.05, 4.69) is 63.0 Å². The fourth-order valence-corrected chi connectivity index (χ4v) is 2.74. The van der Waals surface area contributed by atoms with Gasteiger partial charge in [-0.05, 0) is 49.1 Å². The Morgan fingerprint density at radius 3 is 2.64 bits per heavy atom. The van der Waals surface area contributed by atoms with Gasteiger partial charge in [0.15, 0.2) is 11.8 Å². The SMILES string of the molecule is CCNC(=NCc1ccnc(-n2cccn2)c1)NCCCc1ccccc1.I. The molecule has 7 heteroatoms. The van der Waals surface area contributed by atoms with Crippen molar-refractivity contribution < 1.29 is 0 Å². The van der Waals surface area contributed by atoms with Gasteiger partial charge in [0.25, 0.3) is 0 Å². The molecule has 0 bridgehead atoms. The van der Waals surface area contributed by atoms with Gasteiger partial charge in [-0.2, -0.15) is 5.10 Å². The molecule has 0 spiro atoms. The van der Waals surface area contributed by atoms with Gasteiger partial charge in [-0.1, -0.05) is 30.3 Å². The van der Waals surface area contributed by atoms with Gasteiger partial charge in [-0.3, -0.25) is 0 Å². The molecule has 0 atom stereocenters. The molecular formula is C21H27IN6. The van der Waals surface area contributed by atoms with Crippen molar-refractivity contribution in [3.05, 3.63) is 78.2 Å². The second-order valence-electron chi connectivity index (χ2n) is 6.18. The monoisotopic (exact) mass is 490 g/mol. The number of aliphatic imine (C=N–C) groups is 1. The lowest BCUT2D eigenvalue weighted by Crippen LogP contribution is -2.37. The summed E-state index contributed by atoms with van der Waals surface area (Å²) in [5.74, 6) is 1.64. The van der Waals surface area contributed by atoms with Crippen molar-refractivity contribution in [1.29, 1.82) is 0 Å². The van der Waals surface area contributed by atoms with Crippen LogP contribution in [0.4, 0.5) is 0 Å². The van der Waals surface area contributed by atoms with Crippen LogP contribution in [-0.4, -0.2) is 33.8 Å². The van der Waals surface area contributed by atoms with Gasteiger partial charge in [-0.25, -0.2) is 14.7 Å². The first-order valence-electron chi connectivity index (χ1n) is 9.36. The predicted molar refractivity (Wildman–Crippen MR) is 124 cm³/mol. The molecule has 0 saturated carbocycles. The summed E-state index contributed by atoms with van der Waals surface area (Å²) < 4.78 is 1.75. The summed E-state index contributed by atoms with van der Waals surface area (Å²) in [7, 11) is 0. The van der Waals surface area contributed by atoms with Crippen molar-refractivity contribution in [3.8, 4) is 5.82 Å². The third-order valence-corrected chi connectivity index (χ3v) is 4.09. The number of hydrogen-bond acceptors (Lipinski definition) is 3. The lowest BCUT2D eigenvalue weighted by Gasteiger charge is -2.11. The predicted octanol–water partition coefficient (Wildman–Crippen LogP) is 3.57. The van der Waals surface area contributed by atoms with Gasteiger partial charge in [0.05, 0.1) is 6.54 Å². The highest BCUT2D eigenvalue weighted by Crippen LogP contribution is 2.07. The first-order valence-corrected chi connectivity index (χ1v) is 9.36. The largest absolute Gasteiger partial charge is 0.357 e. The summed E-state index contributed by atoms with van der Waals surface area (Å²) in [6.07, 6.45) is 7.54. The normalized spacial score (nSPS) is 11.0. The number of benzene rings is 1. The molecule has 0 aliphatic rings. The van der Waals surface area contributed by atoms with Crippen molar-refractivity contribution in [3.63, 3.8) is 0 Å². The Bertz CT molecular complexity index is 833. The Labute approximate surface area is 183 Å². The van der Waals surface area contributed by atoms with E-state index in [0.29, 0.717) is 6.54 Å². The fourth-order valence-electron chi connectivity index (χ4n) is 2.74. The quantitative estimate of drug-likeness (QED) is 0.219. The molecule has 2 N–H and O–H groups in total. The molecule has 3 aromatic rings. The Morgan fingerprint density at radius 1 is 1.04 bits per heavy atom. The van der Waals surface area contributed by atoms with Crippen molar-refractivity contribution in [2.45, 2.75) is 26.3 Å². The van der Waals surface area contributed by atoms with Crippen LogP contribution < -0.4 is 10.6 Å². The van der Waals surface area contributed by atoms with Crippen LogP contribution in [0.5, 0.6) is 0 Å². The molecule has 0 saturated heterocycles. The molecule has 2 heterocycles. The van der Waals surface area contributed by atoms with E-state index in [1.54, 1.807) is 17.1 Å². The minimum absolute atomic E-state index is 0. The van der Waals surface area contributed by atoms with Crippen LogP contribution in [-0.2, 0) is 13.0 Å². The number of nitrogens with one attached hydrogen (secondary N) is 2. The Morgan fingerprint density at radius 2 is 1.89 bits per heavy atom. The summed E-state index contributed by atoms with van der Waals surface area (Å²) in [6.45, 7) is 4.38. The van der Waals surface area contributed by atoms with Crippen molar-refractivity contribution >= 4 is 29.9 Å². The zero-order valence-corrected chi connectivity index (χ0v) is 18.4. The van der Waals surface area contributed by atoms with Crippen LogP contribution >= 0.6 is 24.0 Å². The maximum Gasteiger partial charge on any atom is 0.191 e. The van der Waals surface area contributed by atoms with E-state index in [1.165, 1.54) is 5.56 Å². The molecule has 0 fully saturated rings. The molecule has 1 aromatic carbocycles. The van der Waals surface area contributed by atoms with E-state index in [-0.39, 0.29) is 24.0 Å². The summed E-state index contributed by atoms with van der Waals surface area (Å²) in [6, 6.07) is 16.4. The maximum atomic E-state index is 4.69. The average Bonchev–Trinajstić information content (AvgIpc) is 3.25. The Balaban J connectivity index is 0.00000280. The molecule has 28 heavy (non-hydrogen) atoms. The lowest BCUT2D eigenvalue weighted by atomic mass is 10.1. The first-order chi connectivity index (χ1) is 13.3. The number of guanidine groups is 1. The number of aryl methyl sites for hydroxylation is 1.